The molecule has 2 aliphatic rings. The minimum atomic E-state index is -0.310. The van der Waals surface area contributed by atoms with Crippen molar-refractivity contribution < 1.29 is 9.18 Å². The molecule has 0 spiro atoms. The van der Waals surface area contributed by atoms with Gasteiger partial charge in [-0.1, -0.05) is 19.1 Å². The Labute approximate surface area is 195 Å². The molecule has 9 heteroatoms. The second-order valence-corrected chi connectivity index (χ2v) is 7.97. The lowest BCUT2D eigenvalue weighted by Crippen LogP contribution is -2.51. The number of benzene rings is 1. The monoisotopic (exact) mass is 469 g/mol. The molecule has 0 bridgehead atoms. The lowest BCUT2D eigenvalue weighted by atomic mass is 9.97. The van der Waals surface area contributed by atoms with Gasteiger partial charge in [0, 0.05) is 44.0 Å². The third-order valence-corrected chi connectivity index (χ3v) is 6.12. The Bertz CT molecular complexity index is 875. The van der Waals surface area contributed by atoms with Crippen molar-refractivity contribution >= 4 is 36.5 Å². The van der Waals surface area contributed by atoms with Gasteiger partial charge in [0.1, 0.15) is 18.0 Å². The van der Waals surface area contributed by atoms with Crippen LogP contribution in [-0.4, -0.2) is 60.5 Å². The van der Waals surface area contributed by atoms with E-state index in [1.54, 1.807) is 18.5 Å². The van der Waals surface area contributed by atoms with E-state index in [0.29, 0.717) is 25.6 Å². The van der Waals surface area contributed by atoms with Crippen LogP contribution in [0.3, 0.4) is 0 Å². The average Bonchev–Trinajstić information content (AvgIpc) is 3.14. The summed E-state index contributed by atoms with van der Waals surface area (Å²) in [4.78, 5) is 26.5. The number of aryl methyl sites for hydroxylation is 1. The number of amides is 1. The first kappa shape index (κ1) is 25.3. The maximum Gasteiger partial charge on any atom is 0.231 e. The quantitative estimate of drug-likeness (QED) is 0.728. The fourth-order valence-corrected chi connectivity index (χ4v) is 4.48. The van der Waals surface area contributed by atoms with Crippen LogP contribution in [-0.2, 0) is 11.2 Å². The topological polar surface area (TPSA) is 61.4 Å². The smallest absolute Gasteiger partial charge is 0.231 e. The number of anilines is 1. The Morgan fingerprint density at radius 3 is 2.48 bits per heavy atom. The lowest BCUT2D eigenvalue weighted by molar-refractivity contribution is -0.133. The fraction of sp³-hybridized carbons (Fsp3) is 0.500. The van der Waals surface area contributed by atoms with Gasteiger partial charge in [0.25, 0.3) is 0 Å². The van der Waals surface area contributed by atoms with Crippen LogP contribution in [0.15, 0.2) is 30.6 Å². The highest BCUT2D eigenvalue weighted by atomic mass is 35.5. The van der Waals surface area contributed by atoms with Crippen LogP contribution in [0, 0.1) is 5.82 Å². The standard InChI is InChI=1S/C22H28FN5O.2ClH/c1-15-3-8-19-20(15)21(26-14-25-19)27-9-11-28(12-10-27)22(29)18(13-24-2)16-4-6-17(23)7-5-16;;/h4-7,14-15,18,24H,3,8-13H2,1-2H3;2*1H/t15-,18-;;/m1../s1. The highest BCUT2D eigenvalue weighted by molar-refractivity contribution is 5.86. The summed E-state index contributed by atoms with van der Waals surface area (Å²) < 4.78 is 13.3. The molecule has 31 heavy (non-hydrogen) atoms. The zero-order chi connectivity index (χ0) is 20.4. The molecule has 2 atom stereocenters. The number of aromatic nitrogens is 2. The van der Waals surface area contributed by atoms with Crippen LogP contribution in [0.2, 0.25) is 0 Å². The Morgan fingerprint density at radius 1 is 1.16 bits per heavy atom. The molecule has 1 aromatic heterocycles. The summed E-state index contributed by atoms with van der Waals surface area (Å²) in [6.45, 7) is 5.61. The van der Waals surface area contributed by atoms with Crippen LogP contribution in [0.5, 0.6) is 0 Å². The number of nitrogens with one attached hydrogen (secondary N) is 1. The highest BCUT2D eigenvalue weighted by Gasteiger charge is 2.31. The third kappa shape index (κ3) is 5.27. The Kier molecular flexibility index (Phi) is 9.03. The Morgan fingerprint density at radius 2 is 1.84 bits per heavy atom. The van der Waals surface area contributed by atoms with Crippen molar-refractivity contribution in [3.05, 3.63) is 53.2 Å². The summed E-state index contributed by atoms with van der Waals surface area (Å²) in [7, 11) is 1.83. The van der Waals surface area contributed by atoms with Crippen molar-refractivity contribution in [2.45, 2.75) is 31.6 Å². The molecule has 4 rings (SSSR count). The zero-order valence-corrected chi connectivity index (χ0v) is 19.5. The highest BCUT2D eigenvalue weighted by Crippen LogP contribution is 2.37. The van der Waals surface area contributed by atoms with Gasteiger partial charge in [0.05, 0.1) is 5.92 Å². The molecule has 6 nitrogen and oxygen atoms in total. The van der Waals surface area contributed by atoms with Crippen molar-refractivity contribution in [3.63, 3.8) is 0 Å². The molecule has 1 fully saturated rings. The number of rotatable bonds is 5. The van der Waals surface area contributed by atoms with Gasteiger partial charge in [-0.25, -0.2) is 14.4 Å². The average molecular weight is 470 g/mol. The summed E-state index contributed by atoms with van der Waals surface area (Å²) in [6.07, 6.45) is 3.82. The Hall–Kier alpha value is -1.96. The van der Waals surface area contributed by atoms with Crippen LogP contribution in [0.4, 0.5) is 10.2 Å². The summed E-state index contributed by atoms with van der Waals surface area (Å²) >= 11 is 0. The zero-order valence-electron chi connectivity index (χ0n) is 17.9. The molecule has 170 valence electrons. The van der Waals surface area contributed by atoms with Gasteiger partial charge in [-0.3, -0.25) is 4.79 Å². The second-order valence-electron chi connectivity index (χ2n) is 7.97. The van der Waals surface area contributed by atoms with Crippen LogP contribution in [0.25, 0.3) is 0 Å². The molecule has 0 unspecified atom stereocenters. The molecule has 1 saturated heterocycles. The van der Waals surface area contributed by atoms with Gasteiger partial charge in [-0.15, -0.1) is 24.8 Å². The van der Waals surface area contributed by atoms with Crippen LogP contribution >= 0.6 is 24.8 Å². The van der Waals surface area contributed by atoms with E-state index in [1.165, 1.54) is 23.4 Å². The van der Waals surface area contributed by atoms with E-state index < -0.39 is 0 Å². The van der Waals surface area contributed by atoms with Crippen molar-refractivity contribution in [2.75, 3.05) is 44.7 Å². The van der Waals surface area contributed by atoms with Gasteiger partial charge in [-0.05, 0) is 43.5 Å². The summed E-state index contributed by atoms with van der Waals surface area (Å²) in [5.74, 6) is 1.02. The van der Waals surface area contributed by atoms with Crippen molar-refractivity contribution in [2.24, 2.45) is 0 Å². The van der Waals surface area contributed by atoms with Crippen molar-refractivity contribution in [1.82, 2.24) is 20.2 Å². The number of fused-ring (bicyclic) bond motifs is 1. The largest absolute Gasteiger partial charge is 0.353 e. The summed E-state index contributed by atoms with van der Waals surface area (Å²) in [6, 6.07) is 6.24. The normalized spacial score (nSPS) is 18.6. The van der Waals surface area contributed by atoms with E-state index in [0.717, 1.165) is 37.3 Å². The summed E-state index contributed by atoms with van der Waals surface area (Å²) in [5.41, 5.74) is 3.30. The molecule has 2 heterocycles. The van der Waals surface area contributed by atoms with E-state index in [4.69, 9.17) is 0 Å². The molecule has 2 aromatic rings. The number of nitrogens with zero attached hydrogens (tertiary/aromatic N) is 4. The van der Waals surface area contributed by atoms with Crippen molar-refractivity contribution in [3.8, 4) is 0 Å². The Balaban J connectivity index is 0.00000171. The van der Waals surface area contributed by atoms with E-state index in [1.807, 2.05) is 11.9 Å². The molecular formula is C22H30Cl2FN5O. The third-order valence-electron chi connectivity index (χ3n) is 6.12. The minimum Gasteiger partial charge on any atom is -0.353 e. The van der Waals surface area contributed by atoms with Gasteiger partial charge < -0.3 is 15.1 Å². The molecule has 0 radical (unpaired) electrons. The predicted octanol–water partition coefficient (Wildman–Crippen LogP) is 3.16. The maximum absolute atomic E-state index is 13.3. The minimum absolute atomic E-state index is 0. The van der Waals surface area contributed by atoms with Gasteiger partial charge >= 0.3 is 0 Å². The number of carbonyl (C=O) groups excluding carboxylic acids is 1. The number of piperazine rings is 1. The molecule has 0 saturated carbocycles. The van der Waals surface area contributed by atoms with Gasteiger partial charge in [0.2, 0.25) is 5.91 Å². The fourth-order valence-electron chi connectivity index (χ4n) is 4.48. The summed E-state index contributed by atoms with van der Waals surface area (Å²) in [5, 5.41) is 3.10. The number of hydrogen-bond acceptors (Lipinski definition) is 5. The van der Waals surface area contributed by atoms with Crippen molar-refractivity contribution in [1.29, 1.82) is 0 Å². The molecule has 1 aliphatic carbocycles. The van der Waals surface area contributed by atoms with E-state index in [9.17, 15) is 9.18 Å². The van der Waals surface area contributed by atoms with E-state index in [2.05, 4.69) is 27.1 Å². The first-order valence-corrected chi connectivity index (χ1v) is 10.4. The SMILES string of the molecule is CNC[C@@H](C(=O)N1CCN(c2ncnc3c2[C@H](C)CC3)CC1)c1ccc(F)cc1.Cl.Cl. The number of hydrogen-bond donors (Lipinski definition) is 1. The lowest BCUT2D eigenvalue weighted by Gasteiger charge is -2.38. The van der Waals surface area contributed by atoms with E-state index >= 15 is 0 Å². The van der Waals surface area contributed by atoms with Gasteiger partial charge in [-0.2, -0.15) is 0 Å². The molecule has 1 amide bonds. The molecule has 1 aliphatic heterocycles. The van der Waals surface area contributed by atoms with E-state index in [-0.39, 0.29) is 42.5 Å². The molecule has 1 aromatic carbocycles. The number of halogens is 3. The van der Waals surface area contributed by atoms with Gasteiger partial charge in [0.15, 0.2) is 0 Å². The first-order valence-electron chi connectivity index (χ1n) is 10.4. The first-order chi connectivity index (χ1) is 14.1. The maximum atomic E-state index is 13.3. The number of likely N-dealkylation sites (N-methyl/N-ethyl adjacent to an activating group) is 1. The predicted molar refractivity (Wildman–Crippen MR) is 125 cm³/mol. The van der Waals surface area contributed by atoms with Crippen LogP contribution < -0.4 is 10.2 Å². The molecular weight excluding hydrogens is 440 g/mol. The van der Waals surface area contributed by atoms with Crippen LogP contribution in [0.1, 0.15) is 42.0 Å². The number of carbonyl (C=O) groups is 1. The molecule has 1 N–H and O–H groups in total. The second kappa shape index (κ2) is 11.1.